The van der Waals surface area contributed by atoms with Crippen LogP contribution in [0.25, 0.3) is 0 Å². The fourth-order valence-electron chi connectivity index (χ4n) is 4.36. The molecular weight excluding hydrogens is 370 g/mol. The number of alkyl halides is 2. The largest absolute Gasteiger partial charge is 0.288 e. The van der Waals surface area contributed by atoms with Crippen LogP contribution in [0.15, 0.2) is 53.4 Å². The van der Waals surface area contributed by atoms with Gasteiger partial charge >= 0.3 is 0 Å². The van der Waals surface area contributed by atoms with E-state index in [-0.39, 0.29) is 0 Å². The first-order valence-corrected chi connectivity index (χ1v) is 11.6. The molecule has 2 aromatic carbocycles. The number of unbranched alkanes of at least 4 members (excludes halogenated alkanes) is 1. The topological polar surface area (TPSA) is 0 Å². The minimum Gasteiger partial charge on any atom is -0.198 e. The molecule has 1 fully saturated rings. The quantitative estimate of drug-likeness (QED) is 0.380. The zero-order chi connectivity index (χ0) is 19.8. The molecule has 1 aliphatic carbocycles. The molecule has 0 bridgehead atoms. The molecule has 0 nitrogen and oxygen atoms in total. The molecule has 0 N–H and O–H groups in total. The van der Waals surface area contributed by atoms with E-state index in [0.29, 0.717) is 16.7 Å². The maximum absolute atomic E-state index is 12.4. The highest BCUT2D eigenvalue weighted by molar-refractivity contribution is 7.99. The van der Waals surface area contributed by atoms with Crippen LogP contribution in [0.5, 0.6) is 0 Å². The van der Waals surface area contributed by atoms with Gasteiger partial charge < -0.3 is 0 Å². The van der Waals surface area contributed by atoms with Gasteiger partial charge in [-0.2, -0.15) is 8.78 Å². The number of aryl methyl sites for hydroxylation is 2. The summed E-state index contributed by atoms with van der Waals surface area (Å²) in [7, 11) is 0. The lowest BCUT2D eigenvalue weighted by atomic mass is 9.77. The van der Waals surface area contributed by atoms with Crippen molar-refractivity contribution in [3.63, 3.8) is 0 Å². The van der Waals surface area contributed by atoms with Gasteiger partial charge in [-0.15, -0.1) is 0 Å². The lowest BCUT2D eigenvalue weighted by molar-refractivity contribution is 0.252. The van der Waals surface area contributed by atoms with Gasteiger partial charge in [0.1, 0.15) is 0 Å². The highest BCUT2D eigenvalue weighted by Crippen LogP contribution is 2.37. The van der Waals surface area contributed by atoms with Crippen LogP contribution in [-0.4, -0.2) is 5.76 Å². The summed E-state index contributed by atoms with van der Waals surface area (Å²) in [6, 6.07) is 16.7. The Labute approximate surface area is 173 Å². The van der Waals surface area contributed by atoms with E-state index in [2.05, 4.69) is 31.2 Å². The van der Waals surface area contributed by atoms with Crippen LogP contribution in [-0.2, 0) is 12.8 Å². The average molecular weight is 403 g/mol. The summed E-state index contributed by atoms with van der Waals surface area (Å²) < 4.78 is 24.8. The Morgan fingerprint density at radius 3 is 1.96 bits per heavy atom. The first kappa shape index (κ1) is 21.4. The molecule has 2 aromatic rings. The van der Waals surface area contributed by atoms with Crippen LogP contribution in [0, 0.1) is 5.92 Å². The van der Waals surface area contributed by atoms with Crippen molar-refractivity contribution in [3.05, 3.63) is 65.2 Å². The van der Waals surface area contributed by atoms with Crippen LogP contribution < -0.4 is 0 Å². The van der Waals surface area contributed by atoms with Gasteiger partial charge in [-0.05, 0) is 79.2 Å². The zero-order valence-electron chi connectivity index (χ0n) is 16.9. The minimum atomic E-state index is -2.35. The number of hydrogen-bond acceptors (Lipinski definition) is 1. The predicted molar refractivity (Wildman–Crippen MR) is 116 cm³/mol. The Bertz CT molecular complexity index is 685. The molecule has 0 amide bonds. The summed E-state index contributed by atoms with van der Waals surface area (Å²) in [6.07, 6.45) is 11.5. The second-order valence-electron chi connectivity index (χ2n) is 8.12. The summed E-state index contributed by atoms with van der Waals surface area (Å²) >= 11 is 0.607. The monoisotopic (exact) mass is 402 g/mol. The number of benzene rings is 2. The van der Waals surface area contributed by atoms with Crippen molar-refractivity contribution in [1.82, 2.24) is 0 Å². The third-order valence-corrected chi connectivity index (χ3v) is 6.84. The molecule has 152 valence electrons. The maximum Gasteiger partial charge on any atom is 0.288 e. The van der Waals surface area contributed by atoms with Crippen molar-refractivity contribution in [2.75, 3.05) is 0 Å². The molecule has 0 radical (unpaired) electrons. The van der Waals surface area contributed by atoms with Gasteiger partial charge in [0.05, 0.1) is 0 Å². The Morgan fingerprint density at radius 1 is 0.857 bits per heavy atom. The van der Waals surface area contributed by atoms with Crippen LogP contribution in [0.3, 0.4) is 0 Å². The standard InChI is InChI=1S/C25H32F2S/c1-2-3-4-19-7-13-22(14-8-19)23-15-9-20(10-16-23)5-6-21-11-17-24(18-12-21)28-25(26)27/h9-12,15-19,22,25H,2-8,13-14H2,1H3. The molecule has 0 heterocycles. The van der Waals surface area contributed by atoms with E-state index in [0.717, 1.165) is 24.7 Å². The van der Waals surface area contributed by atoms with Crippen LogP contribution >= 0.6 is 11.8 Å². The third kappa shape index (κ3) is 6.62. The fourth-order valence-corrected chi connectivity index (χ4v) is 4.86. The molecule has 0 unspecified atom stereocenters. The van der Waals surface area contributed by atoms with E-state index in [1.807, 2.05) is 12.1 Å². The second-order valence-corrected chi connectivity index (χ2v) is 9.19. The molecule has 0 saturated heterocycles. The molecular formula is C25H32F2S. The molecule has 1 aliphatic rings. The lowest BCUT2D eigenvalue weighted by Crippen LogP contribution is -2.13. The van der Waals surface area contributed by atoms with Crippen molar-refractivity contribution in [1.29, 1.82) is 0 Å². The van der Waals surface area contributed by atoms with E-state index >= 15 is 0 Å². The van der Waals surface area contributed by atoms with Gasteiger partial charge in [0, 0.05) is 4.90 Å². The van der Waals surface area contributed by atoms with Crippen molar-refractivity contribution in [2.24, 2.45) is 5.92 Å². The average Bonchev–Trinajstić information content (AvgIpc) is 2.72. The summed E-state index contributed by atoms with van der Waals surface area (Å²) in [5, 5.41) is 0. The third-order valence-electron chi connectivity index (χ3n) is 6.11. The predicted octanol–water partition coefficient (Wildman–Crippen LogP) is 8.25. The van der Waals surface area contributed by atoms with Crippen LogP contribution in [0.1, 0.15) is 74.5 Å². The van der Waals surface area contributed by atoms with E-state index in [1.165, 1.54) is 61.6 Å². The molecule has 3 heteroatoms. The van der Waals surface area contributed by atoms with Gasteiger partial charge in [0.15, 0.2) is 0 Å². The summed E-state index contributed by atoms with van der Waals surface area (Å²) in [6.45, 7) is 2.29. The number of halogens is 2. The number of thioether (sulfide) groups is 1. The van der Waals surface area contributed by atoms with Crippen molar-refractivity contribution < 1.29 is 8.78 Å². The normalized spacial score (nSPS) is 19.9. The highest BCUT2D eigenvalue weighted by atomic mass is 32.2. The van der Waals surface area contributed by atoms with Gasteiger partial charge in [0.25, 0.3) is 5.76 Å². The molecule has 0 spiro atoms. The second kappa shape index (κ2) is 11.0. The lowest BCUT2D eigenvalue weighted by Gasteiger charge is -2.29. The SMILES string of the molecule is CCCCC1CCC(c2ccc(CCc3ccc(SC(F)F)cc3)cc2)CC1. The summed E-state index contributed by atoms with van der Waals surface area (Å²) in [5.41, 5.74) is 4.06. The maximum atomic E-state index is 12.4. The summed E-state index contributed by atoms with van der Waals surface area (Å²) in [5.74, 6) is -0.650. The van der Waals surface area contributed by atoms with Gasteiger partial charge in [-0.3, -0.25) is 0 Å². The highest BCUT2D eigenvalue weighted by Gasteiger charge is 2.21. The smallest absolute Gasteiger partial charge is 0.198 e. The molecule has 3 rings (SSSR count). The molecule has 0 atom stereocenters. The van der Waals surface area contributed by atoms with Gasteiger partial charge in [0.2, 0.25) is 0 Å². The molecule has 1 saturated carbocycles. The Hall–Kier alpha value is -1.35. The first-order chi connectivity index (χ1) is 13.6. The number of rotatable bonds is 9. The van der Waals surface area contributed by atoms with E-state index < -0.39 is 5.76 Å². The Morgan fingerprint density at radius 2 is 1.43 bits per heavy atom. The Balaban J connectivity index is 1.46. The van der Waals surface area contributed by atoms with E-state index in [1.54, 1.807) is 12.1 Å². The minimum absolute atomic E-state index is 0.607. The van der Waals surface area contributed by atoms with Gasteiger partial charge in [-0.25, -0.2) is 0 Å². The Kier molecular flexibility index (Phi) is 8.39. The molecule has 0 aromatic heterocycles. The van der Waals surface area contributed by atoms with E-state index in [4.69, 9.17) is 0 Å². The first-order valence-electron chi connectivity index (χ1n) is 10.8. The zero-order valence-corrected chi connectivity index (χ0v) is 17.7. The van der Waals surface area contributed by atoms with Crippen LogP contribution in [0.2, 0.25) is 0 Å². The van der Waals surface area contributed by atoms with Crippen molar-refractivity contribution in [2.45, 2.75) is 81.3 Å². The fraction of sp³-hybridized carbons (Fsp3) is 0.520. The van der Waals surface area contributed by atoms with Crippen LogP contribution in [0.4, 0.5) is 8.78 Å². The summed E-state index contributed by atoms with van der Waals surface area (Å²) in [4.78, 5) is 0.632. The molecule has 28 heavy (non-hydrogen) atoms. The number of hydrogen-bond donors (Lipinski definition) is 0. The molecule has 0 aliphatic heterocycles. The van der Waals surface area contributed by atoms with E-state index in [9.17, 15) is 8.78 Å². The van der Waals surface area contributed by atoms with Crippen molar-refractivity contribution in [3.8, 4) is 0 Å². The van der Waals surface area contributed by atoms with Gasteiger partial charge in [-0.1, -0.05) is 74.3 Å². The van der Waals surface area contributed by atoms with Crippen molar-refractivity contribution >= 4 is 11.8 Å².